The average Bonchev–Trinajstić information content (AvgIpc) is 3.01. The van der Waals surface area contributed by atoms with Crippen LogP contribution < -0.4 is 21.7 Å². The monoisotopic (exact) mass is 316 g/mol. The van der Waals surface area contributed by atoms with Gasteiger partial charge in [0.25, 0.3) is 5.91 Å². The number of rotatable bonds is 5. The molecule has 1 heterocycles. The molecule has 4 amide bonds. The predicted molar refractivity (Wildman–Crippen MR) is 83.9 cm³/mol. The van der Waals surface area contributed by atoms with Crippen molar-refractivity contribution in [2.24, 2.45) is 5.73 Å². The highest BCUT2D eigenvalue weighted by atomic mass is 16.3. The summed E-state index contributed by atoms with van der Waals surface area (Å²) in [4.78, 5) is 34.5. The van der Waals surface area contributed by atoms with E-state index in [9.17, 15) is 14.4 Å². The lowest BCUT2D eigenvalue weighted by Gasteiger charge is -2.13. The maximum atomic E-state index is 11.9. The van der Waals surface area contributed by atoms with Crippen molar-refractivity contribution in [1.82, 2.24) is 5.32 Å². The van der Waals surface area contributed by atoms with Crippen LogP contribution in [0.15, 0.2) is 47.1 Å². The number of carbonyl (C=O) groups is 3. The Morgan fingerprint density at radius 2 is 1.78 bits per heavy atom. The Morgan fingerprint density at radius 1 is 1.09 bits per heavy atom. The topological polar surface area (TPSA) is 126 Å². The second-order valence-electron chi connectivity index (χ2n) is 4.73. The molecular weight excluding hydrogens is 300 g/mol. The van der Waals surface area contributed by atoms with Crippen LogP contribution in [0.4, 0.5) is 16.2 Å². The Balaban J connectivity index is 2.01. The number of primary amides is 1. The zero-order valence-electron chi connectivity index (χ0n) is 12.3. The highest BCUT2D eigenvalue weighted by Gasteiger charge is 2.14. The van der Waals surface area contributed by atoms with E-state index in [1.54, 1.807) is 30.3 Å². The molecule has 120 valence electrons. The Kier molecular flexibility index (Phi) is 4.98. The normalized spacial score (nSPS) is 11.3. The first-order chi connectivity index (χ1) is 11.0. The molecule has 23 heavy (non-hydrogen) atoms. The molecule has 5 N–H and O–H groups in total. The molecule has 0 aliphatic carbocycles. The first-order valence-electron chi connectivity index (χ1n) is 6.77. The minimum Gasteiger partial charge on any atom is -0.459 e. The smallest absolute Gasteiger partial charge is 0.312 e. The lowest BCUT2D eigenvalue weighted by molar-refractivity contribution is -0.117. The molecule has 0 spiro atoms. The fraction of sp³-hybridized carbons (Fsp3) is 0.133. The van der Waals surface area contributed by atoms with Crippen LogP contribution in [-0.2, 0) is 4.79 Å². The van der Waals surface area contributed by atoms with Gasteiger partial charge in [0.15, 0.2) is 5.76 Å². The summed E-state index contributed by atoms with van der Waals surface area (Å²) in [6.45, 7) is 1.50. The highest BCUT2D eigenvalue weighted by molar-refractivity contribution is 6.03. The van der Waals surface area contributed by atoms with Crippen LogP contribution in [0, 0.1) is 0 Å². The van der Waals surface area contributed by atoms with Crippen molar-refractivity contribution in [2.75, 3.05) is 10.6 Å². The quantitative estimate of drug-likeness (QED) is 0.667. The van der Waals surface area contributed by atoms with Gasteiger partial charge in [0.1, 0.15) is 6.04 Å². The average molecular weight is 316 g/mol. The van der Waals surface area contributed by atoms with E-state index in [-0.39, 0.29) is 5.76 Å². The van der Waals surface area contributed by atoms with Gasteiger partial charge in [-0.15, -0.1) is 0 Å². The second-order valence-corrected chi connectivity index (χ2v) is 4.73. The van der Waals surface area contributed by atoms with Crippen LogP contribution in [0.1, 0.15) is 17.5 Å². The van der Waals surface area contributed by atoms with Gasteiger partial charge in [0, 0.05) is 11.4 Å². The van der Waals surface area contributed by atoms with Crippen molar-refractivity contribution in [3.05, 3.63) is 48.4 Å². The van der Waals surface area contributed by atoms with Crippen molar-refractivity contribution in [2.45, 2.75) is 13.0 Å². The molecule has 0 saturated heterocycles. The maximum Gasteiger partial charge on any atom is 0.312 e. The molecule has 0 aliphatic heterocycles. The number of nitrogens with two attached hydrogens (primary N) is 1. The molecule has 8 heteroatoms. The van der Waals surface area contributed by atoms with Crippen molar-refractivity contribution < 1.29 is 18.8 Å². The number of hydrogen-bond donors (Lipinski definition) is 4. The van der Waals surface area contributed by atoms with Crippen LogP contribution in [0.5, 0.6) is 0 Å². The molecule has 2 rings (SSSR count). The number of hydrogen-bond acceptors (Lipinski definition) is 4. The van der Waals surface area contributed by atoms with E-state index >= 15 is 0 Å². The number of nitrogens with one attached hydrogen (secondary N) is 3. The lowest BCUT2D eigenvalue weighted by atomic mass is 10.2. The summed E-state index contributed by atoms with van der Waals surface area (Å²) in [5.41, 5.74) is 5.91. The third-order valence-corrected chi connectivity index (χ3v) is 2.88. The van der Waals surface area contributed by atoms with E-state index < -0.39 is 23.9 Å². The van der Waals surface area contributed by atoms with E-state index in [0.717, 1.165) is 0 Å². The Morgan fingerprint density at radius 3 is 2.39 bits per heavy atom. The summed E-state index contributed by atoms with van der Waals surface area (Å²) in [5, 5.41) is 7.53. The standard InChI is InChI=1S/C15H16N4O4/c1-9(17-15(16)22)13(20)18-10-4-2-5-11(8-10)19-14(21)12-6-3-7-23-12/h2-9H,1H3,(H,18,20)(H,19,21)(H3,16,17,22). The maximum absolute atomic E-state index is 11.9. The number of urea groups is 1. The van der Waals surface area contributed by atoms with Crippen LogP contribution in [0.25, 0.3) is 0 Å². The molecule has 1 atom stereocenters. The molecular formula is C15H16N4O4. The molecule has 0 bridgehead atoms. The molecule has 0 radical (unpaired) electrons. The molecule has 0 saturated carbocycles. The van der Waals surface area contributed by atoms with Crippen LogP contribution in [0.3, 0.4) is 0 Å². The predicted octanol–water partition coefficient (Wildman–Crippen LogP) is 1.53. The van der Waals surface area contributed by atoms with E-state index in [2.05, 4.69) is 16.0 Å². The Hall–Kier alpha value is -3.29. The van der Waals surface area contributed by atoms with Crippen molar-refractivity contribution >= 4 is 29.2 Å². The molecule has 0 fully saturated rings. The van der Waals surface area contributed by atoms with Gasteiger partial charge in [-0.2, -0.15) is 0 Å². The van der Waals surface area contributed by atoms with Gasteiger partial charge in [-0.3, -0.25) is 9.59 Å². The third-order valence-electron chi connectivity index (χ3n) is 2.88. The van der Waals surface area contributed by atoms with Gasteiger partial charge < -0.3 is 26.1 Å². The van der Waals surface area contributed by atoms with Gasteiger partial charge in [-0.05, 0) is 37.3 Å². The summed E-state index contributed by atoms with van der Waals surface area (Å²) < 4.78 is 5.00. The molecule has 1 aromatic carbocycles. The fourth-order valence-corrected chi connectivity index (χ4v) is 1.80. The first kappa shape index (κ1) is 16.1. The van der Waals surface area contributed by atoms with Gasteiger partial charge in [0.2, 0.25) is 5.91 Å². The van der Waals surface area contributed by atoms with E-state index in [0.29, 0.717) is 11.4 Å². The summed E-state index contributed by atoms with van der Waals surface area (Å²) in [6.07, 6.45) is 1.40. The summed E-state index contributed by atoms with van der Waals surface area (Å²) in [6, 6.07) is 8.14. The fourth-order valence-electron chi connectivity index (χ4n) is 1.80. The Bertz CT molecular complexity index is 712. The van der Waals surface area contributed by atoms with Gasteiger partial charge >= 0.3 is 6.03 Å². The summed E-state index contributed by atoms with van der Waals surface area (Å²) in [7, 11) is 0. The van der Waals surface area contributed by atoms with Crippen LogP contribution in [-0.4, -0.2) is 23.9 Å². The first-order valence-corrected chi connectivity index (χ1v) is 6.77. The number of anilines is 2. The zero-order chi connectivity index (χ0) is 16.8. The number of carbonyl (C=O) groups excluding carboxylic acids is 3. The van der Waals surface area contributed by atoms with E-state index in [1.807, 2.05) is 0 Å². The molecule has 1 unspecified atom stereocenters. The van der Waals surface area contributed by atoms with Crippen molar-refractivity contribution in [3.8, 4) is 0 Å². The summed E-state index contributed by atoms with van der Waals surface area (Å²) >= 11 is 0. The van der Waals surface area contributed by atoms with E-state index in [4.69, 9.17) is 10.2 Å². The molecule has 0 aliphatic rings. The molecule has 2 aromatic rings. The minimum absolute atomic E-state index is 0.179. The second kappa shape index (κ2) is 7.12. The number of furan rings is 1. The number of benzene rings is 1. The minimum atomic E-state index is -0.785. The van der Waals surface area contributed by atoms with Crippen LogP contribution >= 0.6 is 0 Å². The SMILES string of the molecule is CC(NC(N)=O)C(=O)Nc1cccc(NC(=O)c2ccco2)c1. The Labute approximate surface area is 132 Å². The summed E-state index contributed by atoms with van der Waals surface area (Å²) in [5.74, 6) is -0.653. The van der Waals surface area contributed by atoms with Crippen LogP contribution in [0.2, 0.25) is 0 Å². The van der Waals surface area contributed by atoms with Gasteiger partial charge in [-0.1, -0.05) is 6.07 Å². The highest BCUT2D eigenvalue weighted by Crippen LogP contribution is 2.16. The zero-order valence-corrected chi connectivity index (χ0v) is 12.3. The van der Waals surface area contributed by atoms with Crippen molar-refractivity contribution in [1.29, 1.82) is 0 Å². The van der Waals surface area contributed by atoms with Gasteiger partial charge in [0.05, 0.1) is 6.26 Å². The number of amides is 4. The van der Waals surface area contributed by atoms with E-state index in [1.165, 1.54) is 19.3 Å². The molecule has 1 aromatic heterocycles. The van der Waals surface area contributed by atoms with Gasteiger partial charge in [-0.25, -0.2) is 4.79 Å². The molecule has 8 nitrogen and oxygen atoms in total. The lowest BCUT2D eigenvalue weighted by Crippen LogP contribution is -2.44. The largest absolute Gasteiger partial charge is 0.459 e. The third kappa shape index (κ3) is 4.60. The van der Waals surface area contributed by atoms with Crippen molar-refractivity contribution in [3.63, 3.8) is 0 Å².